The molecule has 0 aliphatic carbocycles. The van der Waals surface area contributed by atoms with E-state index in [9.17, 15) is 4.79 Å². The lowest BCUT2D eigenvalue weighted by Crippen LogP contribution is -2.17. The van der Waals surface area contributed by atoms with Gasteiger partial charge in [-0.15, -0.1) is 10.2 Å². The molecule has 7 nitrogen and oxygen atoms in total. The van der Waals surface area contributed by atoms with Crippen molar-refractivity contribution in [2.75, 3.05) is 12.4 Å². The number of nitriles is 1. The highest BCUT2D eigenvalue weighted by atomic mass is 35.5. The number of hydrogen-bond donors (Lipinski definition) is 1. The summed E-state index contributed by atoms with van der Waals surface area (Å²) < 4.78 is 7.72. The van der Waals surface area contributed by atoms with E-state index in [2.05, 4.69) is 10.2 Å². The zero-order chi connectivity index (χ0) is 20.1. The van der Waals surface area contributed by atoms with E-state index in [0.29, 0.717) is 22.5 Å². The van der Waals surface area contributed by atoms with Crippen LogP contribution in [-0.4, -0.2) is 39.0 Å². The van der Waals surface area contributed by atoms with Gasteiger partial charge in [-0.3, -0.25) is 9.36 Å². The second-order valence-electron chi connectivity index (χ2n) is 6.44. The Kier molecular flexibility index (Phi) is 6.73. The zero-order valence-corrected chi connectivity index (χ0v) is 17.0. The Bertz CT molecular complexity index is 923. The molecule has 28 heavy (non-hydrogen) atoms. The van der Waals surface area contributed by atoms with Crippen molar-refractivity contribution in [3.8, 4) is 17.5 Å². The fraction of sp³-hybridized carbons (Fsp3) is 0.368. The minimum Gasteiger partial charge on any atom is -0.401 e. The number of carbonyl (C=O) groups excluding carboxylic acids is 1. The molecule has 0 amide bonds. The maximum absolute atomic E-state index is 12.3. The maximum Gasteiger partial charge on any atom is 0.192 e. The van der Waals surface area contributed by atoms with Crippen molar-refractivity contribution in [3.05, 3.63) is 40.6 Å². The van der Waals surface area contributed by atoms with E-state index < -0.39 is 0 Å². The van der Waals surface area contributed by atoms with Crippen LogP contribution < -0.4 is 5.73 Å². The van der Waals surface area contributed by atoms with Gasteiger partial charge in [0, 0.05) is 22.9 Å². The van der Waals surface area contributed by atoms with Gasteiger partial charge in [0.2, 0.25) is 0 Å². The number of carbonyl (C=O) groups is 1. The quantitative estimate of drug-likeness (QED) is 0.418. The highest BCUT2D eigenvalue weighted by molar-refractivity contribution is 7.99. The van der Waals surface area contributed by atoms with Gasteiger partial charge >= 0.3 is 0 Å². The van der Waals surface area contributed by atoms with Gasteiger partial charge in [0.15, 0.2) is 16.8 Å². The van der Waals surface area contributed by atoms with Crippen molar-refractivity contribution in [1.82, 2.24) is 14.8 Å². The van der Waals surface area contributed by atoms with Crippen LogP contribution in [0.15, 0.2) is 40.7 Å². The molecule has 0 saturated carbocycles. The van der Waals surface area contributed by atoms with E-state index in [-0.39, 0.29) is 28.9 Å². The maximum atomic E-state index is 12.3. The first-order chi connectivity index (χ1) is 13.5. The van der Waals surface area contributed by atoms with Crippen LogP contribution >= 0.6 is 23.4 Å². The van der Waals surface area contributed by atoms with Crippen LogP contribution in [0.4, 0.5) is 0 Å². The van der Waals surface area contributed by atoms with Crippen molar-refractivity contribution < 1.29 is 9.53 Å². The molecule has 0 bridgehead atoms. The monoisotopic (exact) mass is 417 g/mol. The summed E-state index contributed by atoms with van der Waals surface area (Å²) in [6.07, 6.45) is 2.07. The highest BCUT2D eigenvalue weighted by Crippen LogP contribution is 2.27. The van der Waals surface area contributed by atoms with Gasteiger partial charge in [-0.05, 0) is 44.0 Å². The number of nitrogens with two attached hydrogens (primary N) is 1. The van der Waals surface area contributed by atoms with Gasteiger partial charge in [-0.2, -0.15) is 5.26 Å². The summed E-state index contributed by atoms with van der Waals surface area (Å²) in [5.41, 5.74) is 6.69. The molecule has 0 radical (unpaired) electrons. The minimum absolute atomic E-state index is 0.0179. The Morgan fingerprint density at radius 3 is 2.79 bits per heavy atom. The first kappa shape index (κ1) is 20.4. The van der Waals surface area contributed by atoms with Crippen molar-refractivity contribution in [2.24, 2.45) is 5.73 Å². The van der Waals surface area contributed by atoms with Gasteiger partial charge in [-0.1, -0.05) is 23.4 Å². The number of nitrogens with zero attached hydrogens (tertiary/aromatic N) is 4. The van der Waals surface area contributed by atoms with Crippen LogP contribution in [0.2, 0.25) is 5.02 Å². The summed E-state index contributed by atoms with van der Waals surface area (Å²) in [5, 5.41) is 18.9. The van der Waals surface area contributed by atoms with Crippen LogP contribution in [0.3, 0.4) is 0 Å². The molecule has 2 heterocycles. The summed E-state index contributed by atoms with van der Waals surface area (Å²) in [7, 11) is 0. The van der Waals surface area contributed by atoms with Crippen LogP contribution in [-0.2, 0) is 16.1 Å². The molecule has 1 saturated heterocycles. The van der Waals surface area contributed by atoms with Crippen molar-refractivity contribution in [3.63, 3.8) is 0 Å². The second kappa shape index (κ2) is 9.24. The van der Waals surface area contributed by atoms with E-state index >= 15 is 0 Å². The largest absolute Gasteiger partial charge is 0.401 e. The van der Waals surface area contributed by atoms with E-state index in [1.807, 2.05) is 22.8 Å². The first-order valence-corrected chi connectivity index (χ1v) is 10.2. The Hall–Kier alpha value is -2.34. The second-order valence-corrected chi connectivity index (χ2v) is 7.82. The molecule has 1 atom stereocenters. The molecule has 146 valence electrons. The van der Waals surface area contributed by atoms with Crippen LogP contribution in [0.25, 0.3) is 11.4 Å². The number of thioether (sulfide) groups is 1. The smallest absolute Gasteiger partial charge is 0.192 e. The number of hydrogen-bond acceptors (Lipinski definition) is 7. The third kappa shape index (κ3) is 4.73. The first-order valence-electron chi connectivity index (χ1n) is 8.82. The fourth-order valence-corrected chi connectivity index (χ4v) is 3.88. The normalized spacial score (nSPS) is 17.2. The minimum atomic E-state index is -0.327. The topological polar surface area (TPSA) is 107 Å². The number of ether oxygens (including phenoxy) is 1. The number of halogens is 1. The molecule has 2 aromatic rings. The lowest BCUT2D eigenvalue weighted by Gasteiger charge is -2.14. The lowest BCUT2D eigenvalue weighted by molar-refractivity contribution is -0.112. The Morgan fingerprint density at radius 1 is 1.43 bits per heavy atom. The zero-order valence-electron chi connectivity index (χ0n) is 15.4. The molecular formula is C19H20ClN5O2S. The summed E-state index contributed by atoms with van der Waals surface area (Å²) in [6.45, 7) is 2.88. The molecule has 1 aromatic carbocycles. The molecule has 2 N–H and O–H groups in total. The van der Waals surface area contributed by atoms with E-state index in [4.69, 9.17) is 27.3 Å². The van der Waals surface area contributed by atoms with E-state index in [1.165, 1.54) is 11.8 Å². The fourth-order valence-electron chi connectivity index (χ4n) is 2.94. The molecule has 1 aliphatic rings. The molecule has 9 heteroatoms. The van der Waals surface area contributed by atoms with Crippen LogP contribution in [0.5, 0.6) is 0 Å². The third-order valence-corrected chi connectivity index (χ3v) is 5.57. The third-order valence-electron chi connectivity index (χ3n) is 4.35. The summed E-state index contributed by atoms with van der Waals surface area (Å²) in [5.74, 6) is 0.419. The predicted octanol–water partition coefficient (Wildman–Crippen LogP) is 3.19. The van der Waals surface area contributed by atoms with Gasteiger partial charge in [0.25, 0.3) is 0 Å². The lowest BCUT2D eigenvalue weighted by atomic mass is 10.2. The average Bonchev–Trinajstić information content (AvgIpc) is 3.31. The molecule has 0 spiro atoms. The average molecular weight is 418 g/mol. The number of Topliss-reactive ketones (excluding diaryl/α,β-unsaturated/α-hetero) is 1. The van der Waals surface area contributed by atoms with Crippen molar-refractivity contribution >= 4 is 29.1 Å². The standard InChI is InChI=1S/C19H20ClN5O2S/c1-12(22)16(9-21)17(26)11-28-19-24-23-18(13-4-6-14(20)7-5-13)25(19)10-15-3-2-8-27-15/h4-7,15H,2-3,8,10-11,22H2,1H3/b16-12+. The van der Waals surface area contributed by atoms with E-state index in [0.717, 1.165) is 25.0 Å². The molecule has 1 aliphatic heterocycles. The molecule has 1 aromatic heterocycles. The van der Waals surface area contributed by atoms with Gasteiger partial charge in [-0.25, -0.2) is 0 Å². The number of allylic oxidation sites excluding steroid dienone is 2. The predicted molar refractivity (Wildman–Crippen MR) is 108 cm³/mol. The van der Waals surface area contributed by atoms with Gasteiger partial charge < -0.3 is 10.5 Å². The number of benzene rings is 1. The van der Waals surface area contributed by atoms with Crippen molar-refractivity contribution in [2.45, 2.75) is 37.6 Å². The highest BCUT2D eigenvalue weighted by Gasteiger charge is 2.23. The van der Waals surface area contributed by atoms with Crippen LogP contribution in [0.1, 0.15) is 19.8 Å². The summed E-state index contributed by atoms with van der Waals surface area (Å²) >= 11 is 7.23. The number of ketones is 1. The molecule has 1 unspecified atom stereocenters. The number of aromatic nitrogens is 3. The molecule has 3 rings (SSSR count). The Morgan fingerprint density at radius 2 is 2.18 bits per heavy atom. The van der Waals surface area contributed by atoms with E-state index in [1.54, 1.807) is 19.1 Å². The molecule has 1 fully saturated rings. The van der Waals surface area contributed by atoms with Gasteiger partial charge in [0.1, 0.15) is 11.6 Å². The summed E-state index contributed by atoms with van der Waals surface area (Å²) in [6, 6.07) is 9.22. The Balaban J connectivity index is 1.86. The van der Waals surface area contributed by atoms with Gasteiger partial charge in [0.05, 0.1) is 18.4 Å². The SMILES string of the molecule is C/C(N)=C(/C#N)C(=O)CSc1nnc(-c2ccc(Cl)cc2)n1CC1CCCO1. The number of rotatable bonds is 7. The van der Waals surface area contributed by atoms with Crippen LogP contribution in [0, 0.1) is 11.3 Å². The molecular weight excluding hydrogens is 398 g/mol. The summed E-state index contributed by atoms with van der Waals surface area (Å²) in [4.78, 5) is 12.3. The Labute approximate surface area is 172 Å². The van der Waals surface area contributed by atoms with Crippen molar-refractivity contribution in [1.29, 1.82) is 5.26 Å².